The first kappa shape index (κ1) is 14.2. The van der Waals surface area contributed by atoms with Crippen molar-refractivity contribution in [1.82, 2.24) is 10.3 Å². The maximum atomic E-state index is 13.8. The molecule has 19 heavy (non-hydrogen) atoms. The summed E-state index contributed by atoms with van der Waals surface area (Å²) in [4.78, 5) is 5.66. The van der Waals surface area contributed by atoms with Gasteiger partial charge < -0.3 is 5.32 Å². The second-order valence-corrected chi connectivity index (χ2v) is 5.64. The van der Waals surface area contributed by atoms with Crippen LogP contribution < -0.4 is 5.32 Å². The predicted molar refractivity (Wildman–Crippen MR) is 77.8 cm³/mol. The number of aryl methyl sites for hydroxylation is 1. The van der Waals surface area contributed by atoms with E-state index in [1.54, 1.807) is 17.4 Å². The van der Waals surface area contributed by atoms with Gasteiger partial charge in [0.25, 0.3) is 0 Å². The molecule has 1 aromatic heterocycles. The molecular formula is C15H19FN2S. The van der Waals surface area contributed by atoms with Crippen LogP contribution in [0.4, 0.5) is 4.39 Å². The molecule has 2 nitrogen and oxygen atoms in total. The van der Waals surface area contributed by atoms with Gasteiger partial charge in [-0.25, -0.2) is 9.37 Å². The van der Waals surface area contributed by atoms with Gasteiger partial charge in [-0.05, 0) is 18.9 Å². The summed E-state index contributed by atoms with van der Waals surface area (Å²) in [6, 6.07) is 6.99. The standard InChI is InChI=1S/C15H19FN2S/c1-3-11-9-18-15(19-11)10-17-14(4-2)12-7-5-6-8-13(12)16/h5-9,14,17H,3-4,10H2,1-2H3. The normalized spacial score (nSPS) is 12.6. The number of halogens is 1. The average molecular weight is 278 g/mol. The number of rotatable bonds is 6. The fourth-order valence-corrected chi connectivity index (χ4v) is 2.85. The largest absolute Gasteiger partial charge is 0.303 e. The molecule has 2 aromatic rings. The highest BCUT2D eigenvalue weighted by Gasteiger charge is 2.13. The van der Waals surface area contributed by atoms with Gasteiger partial charge in [-0.3, -0.25) is 0 Å². The number of hydrogen-bond donors (Lipinski definition) is 1. The molecular weight excluding hydrogens is 259 g/mol. The Kier molecular flexibility index (Phi) is 5.05. The van der Waals surface area contributed by atoms with Crippen molar-refractivity contribution in [3.05, 3.63) is 51.7 Å². The van der Waals surface area contributed by atoms with Gasteiger partial charge in [-0.1, -0.05) is 32.0 Å². The zero-order valence-corrected chi connectivity index (χ0v) is 12.1. The van der Waals surface area contributed by atoms with Crippen LogP contribution in [0.3, 0.4) is 0 Å². The number of aromatic nitrogens is 1. The molecule has 0 fully saturated rings. The highest BCUT2D eigenvalue weighted by molar-refractivity contribution is 7.11. The predicted octanol–water partition coefficient (Wildman–Crippen LogP) is 4.09. The number of thiazole rings is 1. The van der Waals surface area contributed by atoms with Crippen molar-refractivity contribution >= 4 is 11.3 Å². The Morgan fingerprint density at radius 1 is 1.32 bits per heavy atom. The molecule has 0 bridgehead atoms. The molecule has 0 aliphatic rings. The summed E-state index contributed by atoms with van der Waals surface area (Å²) in [7, 11) is 0. The summed E-state index contributed by atoms with van der Waals surface area (Å²) in [5.74, 6) is -0.143. The van der Waals surface area contributed by atoms with E-state index in [1.807, 2.05) is 18.3 Å². The summed E-state index contributed by atoms with van der Waals surface area (Å²) in [5.41, 5.74) is 0.734. The first-order valence-electron chi connectivity index (χ1n) is 6.66. The van der Waals surface area contributed by atoms with E-state index in [2.05, 4.69) is 24.1 Å². The van der Waals surface area contributed by atoms with E-state index in [0.29, 0.717) is 6.54 Å². The van der Waals surface area contributed by atoms with Gasteiger partial charge in [0, 0.05) is 29.2 Å². The molecule has 1 aromatic carbocycles. The summed E-state index contributed by atoms with van der Waals surface area (Å²) in [5, 5.41) is 4.45. The van der Waals surface area contributed by atoms with Crippen molar-refractivity contribution in [1.29, 1.82) is 0 Å². The minimum Gasteiger partial charge on any atom is -0.303 e. The zero-order chi connectivity index (χ0) is 13.7. The Balaban J connectivity index is 2.02. The quantitative estimate of drug-likeness (QED) is 0.861. The van der Waals surface area contributed by atoms with Crippen LogP contribution in [0.1, 0.15) is 41.8 Å². The third-order valence-electron chi connectivity index (χ3n) is 3.14. The molecule has 0 aliphatic carbocycles. The highest BCUT2D eigenvalue weighted by atomic mass is 32.1. The van der Waals surface area contributed by atoms with Gasteiger partial charge in [0.1, 0.15) is 10.8 Å². The third-order valence-corrected chi connectivity index (χ3v) is 4.28. The monoisotopic (exact) mass is 278 g/mol. The Hall–Kier alpha value is -1.26. The second kappa shape index (κ2) is 6.78. The zero-order valence-electron chi connectivity index (χ0n) is 11.3. The van der Waals surface area contributed by atoms with E-state index < -0.39 is 0 Å². The molecule has 1 heterocycles. The number of hydrogen-bond acceptors (Lipinski definition) is 3. The van der Waals surface area contributed by atoms with Crippen LogP contribution in [0.25, 0.3) is 0 Å². The lowest BCUT2D eigenvalue weighted by Gasteiger charge is -2.17. The highest BCUT2D eigenvalue weighted by Crippen LogP contribution is 2.21. The average Bonchev–Trinajstić information content (AvgIpc) is 2.89. The third kappa shape index (κ3) is 3.61. The first-order valence-corrected chi connectivity index (χ1v) is 7.47. The van der Waals surface area contributed by atoms with Gasteiger partial charge in [-0.15, -0.1) is 11.3 Å². The lowest BCUT2D eigenvalue weighted by molar-refractivity contribution is 0.487. The van der Waals surface area contributed by atoms with E-state index in [1.165, 1.54) is 10.9 Å². The second-order valence-electron chi connectivity index (χ2n) is 4.44. The molecule has 0 aliphatic heterocycles. The minimum absolute atomic E-state index is 0.0372. The molecule has 2 rings (SSSR count). The van der Waals surface area contributed by atoms with Crippen molar-refractivity contribution < 1.29 is 4.39 Å². The summed E-state index contributed by atoms with van der Waals surface area (Å²) < 4.78 is 13.8. The van der Waals surface area contributed by atoms with Crippen molar-refractivity contribution in [3.8, 4) is 0 Å². The van der Waals surface area contributed by atoms with E-state index in [9.17, 15) is 4.39 Å². The fraction of sp³-hybridized carbons (Fsp3) is 0.400. The molecule has 0 amide bonds. The number of nitrogens with one attached hydrogen (secondary N) is 1. The Morgan fingerprint density at radius 3 is 2.74 bits per heavy atom. The molecule has 1 atom stereocenters. The van der Waals surface area contributed by atoms with E-state index in [-0.39, 0.29) is 11.9 Å². The summed E-state index contributed by atoms with van der Waals surface area (Å²) in [6.45, 7) is 4.87. The van der Waals surface area contributed by atoms with Crippen molar-refractivity contribution in [2.45, 2.75) is 39.3 Å². The van der Waals surface area contributed by atoms with Crippen LogP contribution in [-0.4, -0.2) is 4.98 Å². The van der Waals surface area contributed by atoms with Crippen LogP contribution in [0, 0.1) is 5.82 Å². The van der Waals surface area contributed by atoms with Gasteiger partial charge >= 0.3 is 0 Å². The lowest BCUT2D eigenvalue weighted by atomic mass is 10.0. The van der Waals surface area contributed by atoms with Gasteiger partial charge in [-0.2, -0.15) is 0 Å². The van der Waals surface area contributed by atoms with E-state index in [0.717, 1.165) is 23.4 Å². The van der Waals surface area contributed by atoms with Crippen LogP contribution in [0.15, 0.2) is 30.5 Å². The maximum Gasteiger partial charge on any atom is 0.127 e. The molecule has 0 radical (unpaired) electrons. The molecule has 4 heteroatoms. The van der Waals surface area contributed by atoms with Crippen LogP contribution in [0.5, 0.6) is 0 Å². The van der Waals surface area contributed by atoms with Gasteiger partial charge in [0.05, 0.1) is 0 Å². The van der Waals surface area contributed by atoms with Crippen molar-refractivity contribution in [3.63, 3.8) is 0 Å². The molecule has 0 saturated carbocycles. The minimum atomic E-state index is -0.143. The number of benzene rings is 1. The molecule has 0 spiro atoms. The van der Waals surface area contributed by atoms with E-state index >= 15 is 0 Å². The van der Waals surface area contributed by atoms with Gasteiger partial charge in [0.2, 0.25) is 0 Å². The van der Waals surface area contributed by atoms with Crippen molar-refractivity contribution in [2.75, 3.05) is 0 Å². The van der Waals surface area contributed by atoms with Crippen LogP contribution in [-0.2, 0) is 13.0 Å². The fourth-order valence-electron chi connectivity index (χ4n) is 2.04. The van der Waals surface area contributed by atoms with Gasteiger partial charge in [0.15, 0.2) is 0 Å². The van der Waals surface area contributed by atoms with Crippen molar-refractivity contribution in [2.24, 2.45) is 0 Å². The SMILES string of the molecule is CCc1cnc(CNC(CC)c2ccccc2F)s1. The number of nitrogens with zero attached hydrogens (tertiary/aromatic N) is 1. The van der Waals surface area contributed by atoms with Crippen LogP contribution in [0.2, 0.25) is 0 Å². The molecule has 0 saturated heterocycles. The van der Waals surface area contributed by atoms with E-state index in [4.69, 9.17) is 0 Å². The molecule has 102 valence electrons. The van der Waals surface area contributed by atoms with Crippen LogP contribution >= 0.6 is 11.3 Å². The Bertz CT molecular complexity index is 524. The summed E-state index contributed by atoms with van der Waals surface area (Å²) in [6.07, 6.45) is 3.79. The Morgan fingerprint density at radius 2 is 2.11 bits per heavy atom. The first-order chi connectivity index (χ1) is 9.24. The summed E-state index contributed by atoms with van der Waals surface area (Å²) >= 11 is 1.72. The lowest BCUT2D eigenvalue weighted by Crippen LogP contribution is -2.21. The Labute approximate surface area is 117 Å². The topological polar surface area (TPSA) is 24.9 Å². The smallest absolute Gasteiger partial charge is 0.127 e. The molecule has 1 unspecified atom stereocenters. The maximum absolute atomic E-state index is 13.8. The molecule has 1 N–H and O–H groups in total.